The molecule has 0 amide bonds. The van der Waals surface area contributed by atoms with Crippen LogP contribution in [-0.4, -0.2) is 26.0 Å². The highest BCUT2D eigenvalue weighted by molar-refractivity contribution is 5.69. The van der Waals surface area contributed by atoms with Crippen LogP contribution in [-0.2, 0) is 6.54 Å². The van der Waals surface area contributed by atoms with Gasteiger partial charge in [0.15, 0.2) is 5.56 Å². The van der Waals surface area contributed by atoms with Gasteiger partial charge >= 0.3 is 11.9 Å². The first kappa shape index (κ1) is 20.3. The van der Waals surface area contributed by atoms with Crippen molar-refractivity contribution in [2.24, 2.45) is 0 Å². The summed E-state index contributed by atoms with van der Waals surface area (Å²) in [5, 5.41) is 11.1. The minimum Gasteiger partial charge on any atom is -0.477 e. The Morgan fingerprint density at radius 3 is 2.61 bits per heavy atom. The van der Waals surface area contributed by atoms with E-state index in [9.17, 15) is 23.1 Å². The average Bonchev–Trinajstić information content (AvgIpc) is 2.71. The summed E-state index contributed by atoms with van der Waals surface area (Å²) >= 11 is 0. The molecule has 0 aliphatic carbocycles. The fourth-order valence-corrected chi connectivity index (χ4v) is 3.41. The topological polar surface area (TPSA) is 81.3 Å². The number of rotatable bonds is 4. The molecule has 0 aliphatic heterocycles. The third kappa shape index (κ3) is 4.04. The molecule has 4 rings (SSSR count). The largest absolute Gasteiger partial charge is 0.573 e. The standard InChI is InChI=1S/C21H15F3N4O3/c1-13-4-3-7-27-18(13)28(11-14-9-25-12-26-10-14)20(30)17(19(27)29)15-5-2-6-16(8-15)31-21(22,23)24/h2-10,12H,11H2,1H3/p+1. The molecule has 3 heterocycles. The maximum Gasteiger partial charge on any atom is 0.573 e. The SMILES string of the molecule is Cc1ccc[n+]2c(=O)c(-c3cccc(OC(F)(F)F)c3)c(O)n(Cc3cncnc3)c12. The smallest absolute Gasteiger partial charge is 0.477 e. The van der Waals surface area contributed by atoms with Gasteiger partial charge < -0.3 is 9.84 Å². The van der Waals surface area contributed by atoms with E-state index in [1.165, 1.54) is 33.6 Å². The molecule has 4 aromatic rings. The van der Waals surface area contributed by atoms with E-state index in [0.717, 1.165) is 12.1 Å². The fraction of sp³-hybridized carbons (Fsp3) is 0.143. The van der Waals surface area contributed by atoms with Crippen LogP contribution >= 0.6 is 0 Å². The van der Waals surface area contributed by atoms with Gasteiger partial charge in [-0.15, -0.1) is 13.2 Å². The summed E-state index contributed by atoms with van der Waals surface area (Å²) in [7, 11) is 0. The highest BCUT2D eigenvalue weighted by Gasteiger charge is 2.32. The van der Waals surface area contributed by atoms with E-state index < -0.39 is 23.6 Å². The first-order chi connectivity index (χ1) is 14.7. The average molecular weight is 429 g/mol. The van der Waals surface area contributed by atoms with Crippen LogP contribution in [0.1, 0.15) is 11.1 Å². The molecule has 0 aliphatic rings. The molecule has 0 spiro atoms. The Bertz CT molecular complexity index is 1320. The molecule has 31 heavy (non-hydrogen) atoms. The summed E-state index contributed by atoms with van der Waals surface area (Å²) in [6.07, 6.45) is 1.14. The Hall–Kier alpha value is -3.95. The molecule has 0 fully saturated rings. The maximum absolute atomic E-state index is 13.2. The summed E-state index contributed by atoms with van der Waals surface area (Å²) in [6, 6.07) is 8.37. The van der Waals surface area contributed by atoms with Gasteiger partial charge in [-0.2, -0.15) is 8.97 Å². The van der Waals surface area contributed by atoms with Crippen LogP contribution in [0.15, 0.2) is 66.1 Å². The monoisotopic (exact) mass is 429 g/mol. The lowest BCUT2D eigenvalue weighted by atomic mass is 10.1. The second kappa shape index (κ2) is 7.71. The van der Waals surface area contributed by atoms with Gasteiger partial charge in [-0.25, -0.2) is 14.8 Å². The molecular formula is C21H16F3N4O3+. The molecule has 0 unspecified atom stereocenters. The van der Waals surface area contributed by atoms with Crippen molar-refractivity contribution in [3.8, 4) is 22.8 Å². The lowest BCUT2D eigenvalue weighted by Gasteiger charge is -2.13. The molecule has 0 saturated carbocycles. The Morgan fingerprint density at radius 1 is 1.16 bits per heavy atom. The van der Waals surface area contributed by atoms with Crippen LogP contribution in [0.2, 0.25) is 0 Å². The fourth-order valence-electron chi connectivity index (χ4n) is 3.41. The third-order valence-electron chi connectivity index (χ3n) is 4.64. The number of benzene rings is 1. The summed E-state index contributed by atoms with van der Waals surface area (Å²) in [4.78, 5) is 21.1. The number of alkyl halides is 3. The number of pyridine rings is 1. The molecule has 3 aromatic heterocycles. The normalized spacial score (nSPS) is 11.6. The zero-order valence-corrected chi connectivity index (χ0v) is 16.2. The molecule has 158 valence electrons. The summed E-state index contributed by atoms with van der Waals surface area (Å²) < 4.78 is 44.7. The van der Waals surface area contributed by atoms with E-state index in [2.05, 4.69) is 14.7 Å². The molecule has 0 bridgehead atoms. The Balaban J connectivity index is 1.97. The van der Waals surface area contributed by atoms with Crippen LogP contribution in [0.5, 0.6) is 11.6 Å². The lowest BCUT2D eigenvalue weighted by molar-refractivity contribution is -0.532. The van der Waals surface area contributed by atoms with Crippen molar-refractivity contribution in [3.63, 3.8) is 0 Å². The molecular weight excluding hydrogens is 413 g/mol. The van der Waals surface area contributed by atoms with E-state index in [4.69, 9.17) is 0 Å². The molecule has 10 heteroatoms. The highest BCUT2D eigenvalue weighted by Crippen LogP contribution is 2.31. The van der Waals surface area contributed by atoms with E-state index in [0.29, 0.717) is 16.8 Å². The minimum absolute atomic E-state index is 0.0817. The van der Waals surface area contributed by atoms with Crippen LogP contribution in [0.25, 0.3) is 16.8 Å². The molecule has 0 atom stereocenters. The first-order valence-electron chi connectivity index (χ1n) is 9.11. The molecule has 0 radical (unpaired) electrons. The summed E-state index contributed by atoms with van der Waals surface area (Å²) in [6.45, 7) is 1.91. The highest BCUT2D eigenvalue weighted by atomic mass is 19.4. The number of aromatic nitrogens is 4. The van der Waals surface area contributed by atoms with Crippen LogP contribution in [0, 0.1) is 6.92 Å². The first-order valence-corrected chi connectivity index (χ1v) is 9.11. The van der Waals surface area contributed by atoms with Crippen LogP contribution in [0.4, 0.5) is 13.2 Å². The number of nitrogens with zero attached hydrogens (tertiary/aromatic N) is 4. The zero-order valence-electron chi connectivity index (χ0n) is 16.2. The van der Waals surface area contributed by atoms with Crippen molar-refractivity contribution < 1.29 is 27.4 Å². The molecule has 0 saturated heterocycles. The third-order valence-corrected chi connectivity index (χ3v) is 4.64. The number of halogens is 3. The van der Waals surface area contributed by atoms with E-state index >= 15 is 0 Å². The number of hydrogen-bond donors (Lipinski definition) is 1. The van der Waals surface area contributed by atoms with Gasteiger partial charge in [-0.1, -0.05) is 12.1 Å². The van der Waals surface area contributed by atoms with Gasteiger partial charge in [0.1, 0.15) is 18.6 Å². The maximum atomic E-state index is 13.2. The van der Waals surface area contributed by atoms with Crippen molar-refractivity contribution in [1.82, 2.24) is 14.5 Å². The summed E-state index contributed by atoms with van der Waals surface area (Å²) in [5.74, 6) is -0.895. The number of ether oxygens (including phenoxy) is 1. The van der Waals surface area contributed by atoms with E-state index in [-0.39, 0.29) is 17.7 Å². The van der Waals surface area contributed by atoms with Gasteiger partial charge in [0.25, 0.3) is 11.5 Å². The minimum atomic E-state index is -4.89. The second-order valence-electron chi connectivity index (χ2n) is 6.80. The van der Waals surface area contributed by atoms with Gasteiger partial charge in [-0.3, -0.25) is 0 Å². The van der Waals surface area contributed by atoms with Gasteiger partial charge in [0.2, 0.25) is 0 Å². The zero-order chi connectivity index (χ0) is 22.2. The van der Waals surface area contributed by atoms with Crippen LogP contribution < -0.4 is 14.7 Å². The summed E-state index contributed by atoms with van der Waals surface area (Å²) in [5.41, 5.74) is 1.14. The Morgan fingerprint density at radius 2 is 1.90 bits per heavy atom. The van der Waals surface area contributed by atoms with Crippen molar-refractivity contribution in [2.45, 2.75) is 19.8 Å². The quantitative estimate of drug-likeness (QED) is 0.505. The number of aryl methyl sites for hydroxylation is 1. The van der Waals surface area contributed by atoms with Gasteiger partial charge in [0.05, 0.1) is 6.20 Å². The number of aromatic hydroxyl groups is 1. The predicted molar refractivity (Wildman–Crippen MR) is 104 cm³/mol. The van der Waals surface area contributed by atoms with Crippen molar-refractivity contribution in [3.05, 3.63) is 82.8 Å². The second-order valence-corrected chi connectivity index (χ2v) is 6.80. The van der Waals surface area contributed by atoms with Crippen molar-refractivity contribution in [1.29, 1.82) is 0 Å². The molecule has 7 nitrogen and oxygen atoms in total. The van der Waals surface area contributed by atoms with Crippen molar-refractivity contribution in [2.75, 3.05) is 0 Å². The van der Waals surface area contributed by atoms with Crippen LogP contribution in [0.3, 0.4) is 0 Å². The Labute approximate surface area is 173 Å². The van der Waals surface area contributed by atoms with Crippen molar-refractivity contribution >= 4 is 5.65 Å². The number of fused-ring (bicyclic) bond motifs is 1. The van der Waals surface area contributed by atoms with E-state index in [1.807, 2.05) is 0 Å². The molecule has 1 N–H and O–H groups in total. The van der Waals surface area contributed by atoms with E-state index in [1.54, 1.807) is 31.5 Å². The molecule has 1 aromatic carbocycles. The van der Waals surface area contributed by atoms with Gasteiger partial charge in [0, 0.05) is 29.1 Å². The lowest BCUT2D eigenvalue weighted by Crippen LogP contribution is -2.44. The Kier molecular flexibility index (Phi) is 5.05. The number of hydrogen-bond acceptors (Lipinski definition) is 5. The predicted octanol–water partition coefficient (Wildman–Crippen LogP) is 3.00. The van der Waals surface area contributed by atoms with Gasteiger partial charge in [-0.05, 0) is 31.2 Å².